The van der Waals surface area contributed by atoms with Crippen LogP contribution in [0.3, 0.4) is 0 Å². The van der Waals surface area contributed by atoms with E-state index < -0.39 is 18.0 Å². The molecule has 2 unspecified atom stereocenters. The first-order valence-electron chi connectivity index (χ1n) is 7.26. The van der Waals surface area contributed by atoms with Gasteiger partial charge in [0.2, 0.25) is 0 Å². The zero-order valence-corrected chi connectivity index (χ0v) is 13.9. The minimum absolute atomic E-state index is 0.199. The van der Waals surface area contributed by atoms with Crippen molar-refractivity contribution in [2.45, 2.75) is 38.7 Å². The van der Waals surface area contributed by atoms with Crippen LogP contribution >= 0.6 is 15.9 Å². The van der Waals surface area contributed by atoms with Crippen LogP contribution in [0.2, 0.25) is 0 Å². The lowest BCUT2D eigenvalue weighted by molar-refractivity contribution is -0.143. The fourth-order valence-corrected chi connectivity index (χ4v) is 2.30. The van der Waals surface area contributed by atoms with E-state index in [4.69, 9.17) is 4.74 Å². The van der Waals surface area contributed by atoms with Crippen LogP contribution in [0.15, 0.2) is 28.7 Å². The maximum Gasteiger partial charge on any atom is 0.306 e. The average molecular weight is 359 g/mol. The van der Waals surface area contributed by atoms with Crippen molar-refractivity contribution in [3.05, 3.63) is 34.3 Å². The molecule has 5 heteroatoms. The number of aliphatic hydroxyl groups excluding tert-OH is 1. The molecule has 1 aromatic carbocycles. The van der Waals surface area contributed by atoms with Gasteiger partial charge in [0.25, 0.3) is 0 Å². The van der Waals surface area contributed by atoms with Crippen LogP contribution < -0.4 is 0 Å². The monoisotopic (exact) mass is 358 g/mol. The number of rotatable bonds is 10. The van der Waals surface area contributed by atoms with E-state index in [0.717, 1.165) is 22.9 Å². The molecular formula is C16H23BrO4. The highest BCUT2D eigenvalue weighted by Crippen LogP contribution is 2.18. The number of hydrogen-bond donors (Lipinski definition) is 2. The van der Waals surface area contributed by atoms with Crippen molar-refractivity contribution in [2.24, 2.45) is 5.92 Å². The molecule has 0 fully saturated rings. The molecule has 0 bridgehead atoms. The highest BCUT2D eigenvalue weighted by atomic mass is 79.9. The van der Waals surface area contributed by atoms with E-state index in [0.29, 0.717) is 13.0 Å². The Morgan fingerprint density at radius 3 is 2.57 bits per heavy atom. The number of halogens is 1. The Hall–Kier alpha value is -0.910. The summed E-state index contributed by atoms with van der Waals surface area (Å²) in [7, 11) is 0. The van der Waals surface area contributed by atoms with Crippen LogP contribution in [0.1, 0.15) is 31.7 Å². The van der Waals surface area contributed by atoms with E-state index in [2.05, 4.69) is 22.9 Å². The molecule has 118 valence electrons. The second-order valence-corrected chi connectivity index (χ2v) is 6.10. The highest BCUT2D eigenvalue weighted by molar-refractivity contribution is 9.10. The molecule has 1 aromatic rings. The van der Waals surface area contributed by atoms with E-state index in [1.54, 1.807) is 0 Å². The number of hydrogen-bond acceptors (Lipinski definition) is 3. The number of ether oxygens (including phenoxy) is 1. The van der Waals surface area contributed by atoms with Crippen molar-refractivity contribution in [3.63, 3.8) is 0 Å². The standard InChI is InChI=1S/C16H23BrO4/c1-2-3-8-21-11-15(18)10-13(16(19)20)9-12-4-6-14(17)7-5-12/h4-7,13,15,18H,2-3,8-11H2,1H3,(H,19,20). The van der Waals surface area contributed by atoms with Crippen LogP contribution in [-0.2, 0) is 16.0 Å². The molecule has 0 spiro atoms. The first kappa shape index (κ1) is 18.1. The van der Waals surface area contributed by atoms with E-state index in [1.165, 1.54) is 0 Å². The molecule has 0 radical (unpaired) electrons. The molecule has 0 aliphatic carbocycles. The molecule has 0 amide bonds. The molecule has 0 aliphatic heterocycles. The second-order valence-electron chi connectivity index (χ2n) is 5.18. The van der Waals surface area contributed by atoms with Gasteiger partial charge in [-0.25, -0.2) is 0 Å². The van der Waals surface area contributed by atoms with E-state index in [-0.39, 0.29) is 13.0 Å². The Labute approximate surface area is 134 Å². The topological polar surface area (TPSA) is 66.8 Å². The quantitative estimate of drug-likeness (QED) is 0.630. The molecule has 2 atom stereocenters. The number of aliphatic carboxylic acids is 1. The Bertz CT molecular complexity index is 419. The first-order valence-corrected chi connectivity index (χ1v) is 8.05. The van der Waals surface area contributed by atoms with Crippen molar-refractivity contribution in [1.29, 1.82) is 0 Å². The molecule has 1 rings (SSSR count). The maximum absolute atomic E-state index is 11.3. The maximum atomic E-state index is 11.3. The normalized spacial score (nSPS) is 13.9. The third-order valence-corrected chi connectivity index (χ3v) is 3.78. The van der Waals surface area contributed by atoms with Crippen molar-refractivity contribution < 1.29 is 19.7 Å². The lowest BCUT2D eigenvalue weighted by atomic mass is 9.94. The van der Waals surface area contributed by atoms with Crippen molar-refractivity contribution in [3.8, 4) is 0 Å². The first-order chi connectivity index (χ1) is 10.0. The van der Waals surface area contributed by atoms with Gasteiger partial charge < -0.3 is 14.9 Å². The summed E-state index contributed by atoms with van der Waals surface area (Å²) in [6.07, 6.45) is 1.87. The van der Waals surface area contributed by atoms with Gasteiger partial charge in [0.15, 0.2) is 0 Å². The number of benzene rings is 1. The molecule has 0 heterocycles. The van der Waals surface area contributed by atoms with Gasteiger partial charge in [-0.3, -0.25) is 4.79 Å². The van der Waals surface area contributed by atoms with Crippen LogP contribution in [0.25, 0.3) is 0 Å². The van der Waals surface area contributed by atoms with Gasteiger partial charge >= 0.3 is 5.97 Å². The van der Waals surface area contributed by atoms with Gasteiger partial charge in [-0.05, 0) is 37.0 Å². The number of aliphatic hydroxyl groups is 1. The molecule has 21 heavy (non-hydrogen) atoms. The Morgan fingerprint density at radius 2 is 2.00 bits per heavy atom. The minimum Gasteiger partial charge on any atom is -0.481 e. The zero-order chi connectivity index (χ0) is 15.7. The third-order valence-electron chi connectivity index (χ3n) is 3.25. The average Bonchev–Trinajstić information content (AvgIpc) is 2.45. The lowest BCUT2D eigenvalue weighted by Crippen LogP contribution is -2.26. The second kappa shape index (κ2) is 9.92. The van der Waals surface area contributed by atoms with Gasteiger partial charge in [-0.15, -0.1) is 0 Å². The number of carbonyl (C=O) groups is 1. The summed E-state index contributed by atoms with van der Waals surface area (Å²) < 4.78 is 6.29. The fourth-order valence-electron chi connectivity index (χ4n) is 2.04. The van der Waals surface area contributed by atoms with Gasteiger partial charge in [0.1, 0.15) is 0 Å². The molecule has 0 aliphatic rings. The molecule has 0 saturated carbocycles. The van der Waals surface area contributed by atoms with Gasteiger partial charge in [-0.2, -0.15) is 0 Å². The Balaban J connectivity index is 2.45. The predicted molar refractivity (Wildman–Crippen MR) is 85.3 cm³/mol. The van der Waals surface area contributed by atoms with Gasteiger partial charge in [0, 0.05) is 11.1 Å². The van der Waals surface area contributed by atoms with Crippen LogP contribution in [0, 0.1) is 5.92 Å². The zero-order valence-electron chi connectivity index (χ0n) is 12.3. The smallest absolute Gasteiger partial charge is 0.306 e. The summed E-state index contributed by atoms with van der Waals surface area (Å²) in [6.45, 7) is 2.88. The summed E-state index contributed by atoms with van der Waals surface area (Å²) in [5.74, 6) is -1.48. The molecule has 2 N–H and O–H groups in total. The minimum atomic E-state index is -0.884. The van der Waals surface area contributed by atoms with Crippen LogP contribution in [0.5, 0.6) is 0 Å². The van der Waals surface area contributed by atoms with Crippen LogP contribution in [0.4, 0.5) is 0 Å². The number of unbranched alkanes of at least 4 members (excludes halogenated alkanes) is 1. The molecular weight excluding hydrogens is 336 g/mol. The van der Waals surface area contributed by atoms with Gasteiger partial charge in [0.05, 0.1) is 18.6 Å². The number of carboxylic acids is 1. The third kappa shape index (κ3) is 7.60. The molecule has 0 saturated heterocycles. The molecule has 0 aromatic heterocycles. The number of carboxylic acid groups (broad SMARTS) is 1. The SMILES string of the molecule is CCCCOCC(O)CC(Cc1ccc(Br)cc1)C(=O)O. The van der Waals surface area contributed by atoms with E-state index in [9.17, 15) is 15.0 Å². The summed E-state index contributed by atoms with van der Waals surface area (Å²) in [5, 5.41) is 19.2. The predicted octanol–water partition coefficient (Wildman–Crippen LogP) is 3.26. The lowest BCUT2D eigenvalue weighted by Gasteiger charge is -2.17. The fraction of sp³-hybridized carbons (Fsp3) is 0.562. The summed E-state index contributed by atoms with van der Waals surface area (Å²) in [5.41, 5.74) is 0.949. The van der Waals surface area contributed by atoms with E-state index in [1.807, 2.05) is 24.3 Å². The summed E-state index contributed by atoms with van der Waals surface area (Å²) in [4.78, 5) is 11.3. The van der Waals surface area contributed by atoms with Crippen molar-refractivity contribution >= 4 is 21.9 Å². The summed E-state index contributed by atoms with van der Waals surface area (Å²) in [6, 6.07) is 7.56. The Kier molecular flexibility index (Phi) is 8.57. The van der Waals surface area contributed by atoms with Crippen LogP contribution in [-0.4, -0.2) is 35.5 Å². The van der Waals surface area contributed by atoms with Crippen molar-refractivity contribution in [2.75, 3.05) is 13.2 Å². The Morgan fingerprint density at radius 1 is 1.33 bits per heavy atom. The van der Waals surface area contributed by atoms with Gasteiger partial charge in [-0.1, -0.05) is 41.4 Å². The highest BCUT2D eigenvalue weighted by Gasteiger charge is 2.22. The van der Waals surface area contributed by atoms with Crippen molar-refractivity contribution in [1.82, 2.24) is 0 Å². The largest absolute Gasteiger partial charge is 0.481 e. The summed E-state index contributed by atoms with van der Waals surface area (Å²) >= 11 is 3.35. The molecule has 4 nitrogen and oxygen atoms in total. The van der Waals surface area contributed by atoms with E-state index >= 15 is 0 Å².